The summed E-state index contributed by atoms with van der Waals surface area (Å²) in [6.45, 7) is 5.06. The van der Waals surface area contributed by atoms with Gasteiger partial charge in [-0.3, -0.25) is 4.90 Å². The van der Waals surface area contributed by atoms with Crippen molar-refractivity contribution in [1.29, 1.82) is 0 Å². The molecule has 2 rings (SSSR count). The molecular formula is C14H19F3N2O. The van der Waals surface area contributed by atoms with Crippen LogP contribution in [0.4, 0.5) is 13.2 Å². The van der Waals surface area contributed by atoms with Gasteiger partial charge in [0.25, 0.3) is 0 Å². The number of nitrogens with one attached hydrogen (secondary N) is 1. The molecule has 1 saturated heterocycles. The molecular weight excluding hydrogens is 269 g/mol. The van der Waals surface area contributed by atoms with Crippen molar-refractivity contribution in [2.45, 2.75) is 13.0 Å². The van der Waals surface area contributed by atoms with E-state index in [0.29, 0.717) is 18.7 Å². The van der Waals surface area contributed by atoms with Crippen LogP contribution in [0.25, 0.3) is 0 Å². The Labute approximate surface area is 116 Å². The van der Waals surface area contributed by atoms with E-state index in [1.165, 1.54) is 0 Å². The Bertz CT molecular complexity index is 413. The molecule has 1 N–H and O–H groups in total. The van der Waals surface area contributed by atoms with Gasteiger partial charge < -0.3 is 10.1 Å². The third-order valence-electron chi connectivity index (χ3n) is 3.34. The minimum absolute atomic E-state index is 0.0705. The lowest BCUT2D eigenvalue weighted by atomic mass is 10.2. The Morgan fingerprint density at radius 1 is 1.10 bits per heavy atom. The summed E-state index contributed by atoms with van der Waals surface area (Å²) in [7, 11) is 0. The Hall–Kier alpha value is -1.11. The molecule has 1 heterocycles. The Morgan fingerprint density at radius 2 is 1.75 bits per heavy atom. The molecule has 0 atom stereocenters. The molecule has 0 spiro atoms. The molecule has 1 fully saturated rings. The number of morpholine rings is 1. The maximum absolute atomic E-state index is 13.4. The van der Waals surface area contributed by atoms with Crippen molar-refractivity contribution in [3.05, 3.63) is 35.1 Å². The largest absolute Gasteiger partial charge is 0.379 e. The topological polar surface area (TPSA) is 24.5 Å². The highest BCUT2D eigenvalue weighted by Crippen LogP contribution is 2.14. The van der Waals surface area contributed by atoms with Crippen LogP contribution in [0.3, 0.4) is 0 Å². The van der Waals surface area contributed by atoms with Crippen molar-refractivity contribution >= 4 is 0 Å². The molecule has 0 bridgehead atoms. The number of hydrogen-bond acceptors (Lipinski definition) is 3. The van der Waals surface area contributed by atoms with Gasteiger partial charge in [0.1, 0.15) is 17.5 Å². The van der Waals surface area contributed by atoms with Crippen LogP contribution < -0.4 is 5.32 Å². The number of halogens is 3. The van der Waals surface area contributed by atoms with E-state index in [2.05, 4.69) is 10.2 Å². The van der Waals surface area contributed by atoms with Crippen molar-refractivity contribution in [2.75, 3.05) is 39.4 Å². The van der Waals surface area contributed by atoms with Crippen molar-refractivity contribution in [3.63, 3.8) is 0 Å². The number of ether oxygens (including phenoxy) is 1. The second-order valence-electron chi connectivity index (χ2n) is 4.83. The van der Waals surface area contributed by atoms with Crippen LogP contribution in [0.5, 0.6) is 0 Å². The van der Waals surface area contributed by atoms with Crippen LogP contribution in [0, 0.1) is 17.5 Å². The van der Waals surface area contributed by atoms with Crippen LogP contribution in [-0.2, 0) is 11.3 Å². The summed E-state index contributed by atoms with van der Waals surface area (Å²) in [5.74, 6) is -2.58. The van der Waals surface area contributed by atoms with E-state index >= 15 is 0 Å². The van der Waals surface area contributed by atoms with E-state index in [1.54, 1.807) is 0 Å². The van der Waals surface area contributed by atoms with Crippen molar-refractivity contribution in [3.8, 4) is 0 Å². The fourth-order valence-electron chi connectivity index (χ4n) is 2.21. The smallest absolute Gasteiger partial charge is 0.133 e. The third kappa shape index (κ3) is 4.47. The van der Waals surface area contributed by atoms with E-state index in [0.717, 1.165) is 39.3 Å². The highest BCUT2D eigenvalue weighted by molar-refractivity contribution is 5.20. The maximum Gasteiger partial charge on any atom is 0.133 e. The first-order chi connectivity index (χ1) is 9.66. The zero-order valence-corrected chi connectivity index (χ0v) is 11.3. The second-order valence-corrected chi connectivity index (χ2v) is 4.83. The minimum atomic E-state index is -0.893. The van der Waals surface area contributed by atoms with E-state index in [9.17, 15) is 13.2 Å². The molecule has 0 amide bonds. The molecule has 0 saturated carbocycles. The lowest BCUT2D eigenvalue weighted by Crippen LogP contribution is -2.37. The lowest BCUT2D eigenvalue weighted by molar-refractivity contribution is 0.0374. The van der Waals surface area contributed by atoms with Crippen LogP contribution >= 0.6 is 0 Å². The molecule has 112 valence electrons. The van der Waals surface area contributed by atoms with Gasteiger partial charge in [-0.05, 0) is 19.5 Å². The summed E-state index contributed by atoms with van der Waals surface area (Å²) in [6.07, 6.45) is 0.893. The fourth-order valence-corrected chi connectivity index (χ4v) is 2.21. The van der Waals surface area contributed by atoms with Crippen LogP contribution in [-0.4, -0.2) is 44.3 Å². The zero-order valence-electron chi connectivity index (χ0n) is 11.3. The molecule has 1 aliphatic rings. The van der Waals surface area contributed by atoms with Gasteiger partial charge in [-0.2, -0.15) is 0 Å². The maximum atomic E-state index is 13.4. The third-order valence-corrected chi connectivity index (χ3v) is 3.34. The van der Waals surface area contributed by atoms with Gasteiger partial charge in [0.15, 0.2) is 0 Å². The predicted octanol–water partition coefficient (Wildman–Crippen LogP) is 1.92. The predicted molar refractivity (Wildman–Crippen MR) is 69.9 cm³/mol. The average Bonchev–Trinajstić information content (AvgIpc) is 2.42. The quantitative estimate of drug-likeness (QED) is 0.809. The van der Waals surface area contributed by atoms with Gasteiger partial charge in [-0.15, -0.1) is 0 Å². The highest BCUT2D eigenvalue weighted by Gasteiger charge is 2.11. The summed E-state index contributed by atoms with van der Waals surface area (Å²) in [4.78, 5) is 2.30. The summed E-state index contributed by atoms with van der Waals surface area (Å²) in [5, 5.41) is 2.98. The van der Waals surface area contributed by atoms with Gasteiger partial charge in [0.05, 0.1) is 13.2 Å². The average molecular weight is 288 g/mol. The monoisotopic (exact) mass is 288 g/mol. The first kappa shape index (κ1) is 15.3. The van der Waals surface area contributed by atoms with E-state index in [4.69, 9.17) is 4.74 Å². The van der Waals surface area contributed by atoms with Crippen molar-refractivity contribution in [2.24, 2.45) is 0 Å². The molecule has 1 aromatic carbocycles. The van der Waals surface area contributed by atoms with Gasteiger partial charge in [0, 0.05) is 37.3 Å². The van der Waals surface area contributed by atoms with Gasteiger partial charge >= 0.3 is 0 Å². The molecule has 20 heavy (non-hydrogen) atoms. The number of hydrogen-bond donors (Lipinski definition) is 1. The highest BCUT2D eigenvalue weighted by atomic mass is 19.1. The SMILES string of the molecule is Fc1cc(F)c(CNCCCN2CCOCC2)c(F)c1. The Morgan fingerprint density at radius 3 is 2.40 bits per heavy atom. The molecule has 6 heteroatoms. The van der Waals surface area contributed by atoms with Gasteiger partial charge in [0.2, 0.25) is 0 Å². The van der Waals surface area contributed by atoms with E-state index in [-0.39, 0.29) is 12.1 Å². The summed E-state index contributed by atoms with van der Waals surface area (Å²) < 4.78 is 44.7. The molecule has 1 aliphatic heterocycles. The zero-order chi connectivity index (χ0) is 14.4. The number of benzene rings is 1. The van der Waals surface area contributed by atoms with Crippen LogP contribution in [0.1, 0.15) is 12.0 Å². The first-order valence-electron chi connectivity index (χ1n) is 6.81. The van der Waals surface area contributed by atoms with Crippen molar-refractivity contribution in [1.82, 2.24) is 10.2 Å². The summed E-state index contributed by atoms with van der Waals surface area (Å²) >= 11 is 0. The van der Waals surface area contributed by atoms with Gasteiger partial charge in [-0.1, -0.05) is 0 Å². The Kier molecular flexibility index (Phi) is 5.82. The first-order valence-corrected chi connectivity index (χ1v) is 6.81. The Balaban J connectivity index is 1.68. The molecule has 0 aromatic heterocycles. The van der Waals surface area contributed by atoms with Gasteiger partial charge in [-0.25, -0.2) is 13.2 Å². The van der Waals surface area contributed by atoms with Crippen molar-refractivity contribution < 1.29 is 17.9 Å². The van der Waals surface area contributed by atoms with E-state index < -0.39 is 17.5 Å². The summed E-state index contributed by atoms with van der Waals surface area (Å²) in [6, 6.07) is 1.40. The van der Waals surface area contributed by atoms with Crippen LogP contribution in [0.15, 0.2) is 12.1 Å². The molecule has 3 nitrogen and oxygen atoms in total. The number of rotatable bonds is 6. The normalized spacial score (nSPS) is 16.6. The number of nitrogens with zero attached hydrogens (tertiary/aromatic N) is 1. The molecule has 0 radical (unpaired) electrons. The molecule has 1 aromatic rings. The van der Waals surface area contributed by atoms with E-state index in [1.807, 2.05) is 0 Å². The fraction of sp³-hybridized carbons (Fsp3) is 0.571. The molecule has 0 aliphatic carbocycles. The summed E-state index contributed by atoms with van der Waals surface area (Å²) in [5.41, 5.74) is -0.113. The lowest BCUT2D eigenvalue weighted by Gasteiger charge is -2.26. The van der Waals surface area contributed by atoms with Crippen LogP contribution in [0.2, 0.25) is 0 Å². The second kappa shape index (κ2) is 7.61. The minimum Gasteiger partial charge on any atom is -0.379 e. The molecule has 0 unspecified atom stereocenters. The standard InChI is InChI=1S/C14H19F3N2O/c15-11-8-13(16)12(14(17)9-11)10-18-2-1-3-19-4-6-20-7-5-19/h8-9,18H,1-7,10H2.